The molecule has 0 unspecified atom stereocenters. The molecule has 3 rings (SSSR count). The molecule has 8 nitrogen and oxygen atoms in total. The van der Waals surface area contributed by atoms with E-state index < -0.39 is 15.8 Å². The Hall–Kier alpha value is -2.30. The Morgan fingerprint density at radius 3 is 2.77 bits per heavy atom. The largest absolute Gasteiger partial charge is 0.494 e. The van der Waals surface area contributed by atoms with Crippen LogP contribution < -0.4 is 14.4 Å². The first-order chi connectivity index (χ1) is 12.5. The van der Waals surface area contributed by atoms with Crippen LogP contribution in [0.2, 0.25) is 0 Å². The van der Waals surface area contributed by atoms with Crippen molar-refractivity contribution < 1.29 is 22.3 Å². The molecule has 2 aromatic rings. The lowest BCUT2D eigenvalue weighted by Crippen LogP contribution is -2.37. The van der Waals surface area contributed by atoms with E-state index in [2.05, 4.69) is 14.7 Å². The van der Waals surface area contributed by atoms with Crippen LogP contribution >= 0.6 is 0 Å². The Bertz CT molecular complexity index is 872. The third-order valence-electron chi connectivity index (χ3n) is 3.87. The fourth-order valence-electron chi connectivity index (χ4n) is 2.47. The van der Waals surface area contributed by atoms with Crippen LogP contribution in [0.25, 0.3) is 0 Å². The van der Waals surface area contributed by atoms with Crippen molar-refractivity contribution in [1.82, 2.24) is 14.7 Å². The van der Waals surface area contributed by atoms with Crippen molar-refractivity contribution >= 4 is 16.0 Å². The Morgan fingerprint density at radius 1 is 1.31 bits per heavy atom. The minimum Gasteiger partial charge on any atom is -0.494 e. The first kappa shape index (κ1) is 18.5. The van der Waals surface area contributed by atoms with Crippen LogP contribution in [-0.4, -0.2) is 51.8 Å². The fraction of sp³-hybridized carbons (Fsp3) is 0.375. The van der Waals surface area contributed by atoms with Gasteiger partial charge in [-0.05, 0) is 24.3 Å². The van der Waals surface area contributed by atoms with Gasteiger partial charge in [0.15, 0.2) is 11.6 Å². The van der Waals surface area contributed by atoms with Crippen molar-refractivity contribution in [3.63, 3.8) is 0 Å². The number of halogens is 1. The highest BCUT2D eigenvalue weighted by Gasteiger charge is 2.18. The number of sulfonamides is 1. The summed E-state index contributed by atoms with van der Waals surface area (Å²) in [6, 6.07) is 5.09. The molecule has 1 aliphatic rings. The van der Waals surface area contributed by atoms with Crippen LogP contribution in [-0.2, 0) is 21.3 Å². The van der Waals surface area contributed by atoms with E-state index in [1.54, 1.807) is 12.3 Å². The first-order valence-corrected chi connectivity index (χ1v) is 9.46. The number of nitrogens with zero attached hydrogens (tertiary/aromatic N) is 3. The number of morpholine rings is 1. The molecule has 0 spiro atoms. The highest BCUT2D eigenvalue weighted by Crippen LogP contribution is 2.20. The zero-order valence-electron chi connectivity index (χ0n) is 14.2. The van der Waals surface area contributed by atoms with Gasteiger partial charge in [0.1, 0.15) is 0 Å². The summed E-state index contributed by atoms with van der Waals surface area (Å²) in [4.78, 5) is 10.4. The van der Waals surface area contributed by atoms with Crippen molar-refractivity contribution in [3.8, 4) is 5.75 Å². The fourth-order valence-corrected chi connectivity index (χ4v) is 3.48. The van der Waals surface area contributed by atoms with E-state index in [9.17, 15) is 12.8 Å². The zero-order valence-corrected chi connectivity index (χ0v) is 15.0. The van der Waals surface area contributed by atoms with E-state index in [4.69, 9.17) is 9.47 Å². The Labute approximate surface area is 151 Å². The van der Waals surface area contributed by atoms with E-state index in [-0.39, 0.29) is 17.2 Å². The molecule has 1 saturated heterocycles. The predicted molar refractivity (Wildman–Crippen MR) is 92.0 cm³/mol. The van der Waals surface area contributed by atoms with E-state index in [1.807, 2.05) is 4.90 Å². The lowest BCUT2D eigenvalue weighted by molar-refractivity contribution is 0.122. The van der Waals surface area contributed by atoms with Gasteiger partial charge < -0.3 is 14.4 Å². The molecule has 1 N–H and O–H groups in total. The van der Waals surface area contributed by atoms with E-state index in [0.717, 1.165) is 6.07 Å². The van der Waals surface area contributed by atoms with Gasteiger partial charge in [0.2, 0.25) is 16.0 Å². The molecule has 1 aromatic carbocycles. The normalized spacial score (nSPS) is 15.1. The van der Waals surface area contributed by atoms with Gasteiger partial charge in [-0.25, -0.2) is 27.5 Å². The van der Waals surface area contributed by atoms with Gasteiger partial charge in [0.05, 0.1) is 37.5 Å². The molecule has 0 saturated carbocycles. The second kappa shape index (κ2) is 7.94. The molecule has 0 amide bonds. The number of hydrogen-bond donors (Lipinski definition) is 1. The van der Waals surface area contributed by atoms with Gasteiger partial charge in [-0.2, -0.15) is 0 Å². The third kappa shape index (κ3) is 4.26. The lowest BCUT2D eigenvalue weighted by atomic mass is 10.3. The molecule has 0 radical (unpaired) electrons. The molecule has 1 fully saturated rings. The standard InChI is InChI=1S/C16H19FN4O4S/c1-24-15-3-2-13(10-14(15)17)26(22,23)19-11-12-4-5-18-16(20-12)21-6-8-25-9-7-21/h2-5,10,19H,6-9,11H2,1H3. The van der Waals surface area contributed by atoms with E-state index >= 15 is 0 Å². The molecule has 1 aromatic heterocycles. The summed E-state index contributed by atoms with van der Waals surface area (Å²) in [5.74, 6) is -0.234. The summed E-state index contributed by atoms with van der Waals surface area (Å²) < 4.78 is 51.0. The SMILES string of the molecule is COc1ccc(S(=O)(=O)NCc2ccnc(N3CCOCC3)n2)cc1F. The predicted octanol–water partition coefficient (Wildman–Crippen LogP) is 0.939. The van der Waals surface area contributed by atoms with Crippen LogP contribution in [0, 0.1) is 5.82 Å². The number of methoxy groups -OCH3 is 1. The molecule has 140 valence electrons. The molecule has 0 aliphatic carbocycles. The van der Waals surface area contributed by atoms with Crippen molar-refractivity contribution in [1.29, 1.82) is 0 Å². The van der Waals surface area contributed by atoms with Crippen LogP contribution in [0.5, 0.6) is 5.75 Å². The van der Waals surface area contributed by atoms with Crippen molar-refractivity contribution in [2.24, 2.45) is 0 Å². The highest BCUT2D eigenvalue weighted by molar-refractivity contribution is 7.89. The second-order valence-corrected chi connectivity index (χ2v) is 7.34. The average Bonchev–Trinajstić information content (AvgIpc) is 2.67. The molecule has 0 atom stereocenters. The average molecular weight is 382 g/mol. The van der Waals surface area contributed by atoms with E-state index in [0.29, 0.717) is 37.9 Å². The van der Waals surface area contributed by atoms with Crippen LogP contribution in [0.15, 0.2) is 35.4 Å². The monoisotopic (exact) mass is 382 g/mol. The number of hydrogen-bond acceptors (Lipinski definition) is 7. The van der Waals surface area contributed by atoms with Crippen molar-refractivity contribution in [2.45, 2.75) is 11.4 Å². The maximum atomic E-state index is 13.7. The topological polar surface area (TPSA) is 93.7 Å². The molecule has 10 heteroatoms. The second-order valence-electron chi connectivity index (χ2n) is 5.57. The van der Waals surface area contributed by atoms with Crippen LogP contribution in [0.3, 0.4) is 0 Å². The Balaban J connectivity index is 1.70. The number of aromatic nitrogens is 2. The van der Waals surface area contributed by atoms with E-state index in [1.165, 1.54) is 19.2 Å². The first-order valence-electron chi connectivity index (χ1n) is 7.97. The van der Waals surface area contributed by atoms with Gasteiger partial charge in [-0.3, -0.25) is 0 Å². The summed E-state index contributed by atoms with van der Waals surface area (Å²) in [6.45, 7) is 2.53. The number of benzene rings is 1. The third-order valence-corrected chi connectivity index (χ3v) is 5.27. The summed E-state index contributed by atoms with van der Waals surface area (Å²) >= 11 is 0. The number of nitrogens with one attached hydrogen (secondary N) is 1. The quantitative estimate of drug-likeness (QED) is 0.795. The smallest absolute Gasteiger partial charge is 0.241 e. The minimum atomic E-state index is -3.88. The number of ether oxygens (including phenoxy) is 2. The van der Waals surface area contributed by atoms with Gasteiger partial charge in [0, 0.05) is 19.3 Å². The van der Waals surface area contributed by atoms with Crippen LogP contribution in [0.1, 0.15) is 5.69 Å². The zero-order chi connectivity index (χ0) is 18.6. The molecule has 26 heavy (non-hydrogen) atoms. The highest BCUT2D eigenvalue weighted by atomic mass is 32.2. The summed E-state index contributed by atoms with van der Waals surface area (Å²) in [7, 11) is -2.57. The van der Waals surface area contributed by atoms with Gasteiger partial charge in [-0.15, -0.1) is 0 Å². The molecule has 1 aliphatic heterocycles. The van der Waals surface area contributed by atoms with Crippen LogP contribution in [0.4, 0.5) is 10.3 Å². The maximum absolute atomic E-state index is 13.7. The summed E-state index contributed by atoms with van der Waals surface area (Å²) in [6.07, 6.45) is 1.58. The number of rotatable bonds is 6. The number of anilines is 1. The summed E-state index contributed by atoms with van der Waals surface area (Å²) in [5.41, 5.74) is 0.513. The molecule has 0 bridgehead atoms. The molecule has 2 heterocycles. The Kier molecular flexibility index (Phi) is 5.64. The Morgan fingerprint density at radius 2 is 2.08 bits per heavy atom. The maximum Gasteiger partial charge on any atom is 0.241 e. The van der Waals surface area contributed by atoms with Gasteiger partial charge >= 0.3 is 0 Å². The van der Waals surface area contributed by atoms with Gasteiger partial charge in [0.25, 0.3) is 0 Å². The van der Waals surface area contributed by atoms with Crippen molar-refractivity contribution in [2.75, 3.05) is 38.3 Å². The lowest BCUT2D eigenvalue weighted by Gasteiger charge is -2.26. The molecular formula is C16H19FN4O4S. The molecular weight excluding hydrogens is 363 g/mol. The minimum absolute atomic E-state index is 0.0186. The summed E-state index contributed by atoms with van der Waals surface area (Å²) in [5, 5.41) is 0. The van der Waals surface area contributed by atoms with Gasteiger partial charge in [-0.1, -0.05) is 0 Å². The van der Waals surface area contributed by atoms with Crippen molar-refractivity contribution in [3.05, 3.63) is 42.0 Å².